The van der Waals surface area contributed by atoms with E-state index in [2.05, 4.69) is 5.32 Å². The lowest BCUT2D eigenvalue weighted by Crippen LogP contribution is -2.45. The highest BCUT2D eigenvalue weighted by molar-refractivity contribution is 6.31. The Morgan fingerprint density at radius 1 is 1.56 bits per heavy atom. The van der Waals surface area contributed by atoms with Crippen molar-refractivity contribution < 1.29 is 9.53 Å². The average molecular weight is 269 g/mol. The van der Waals surface area contributed by atoms with E-state index >= 15 is 0 Å². The van der Waals surface area contributed by atoms with Crippen molar-refractivity contribution in [3.05, 3.63) is 34.9 Å². The van der Waals surface area contributed by atoms with Gasteiger partial charge in [0.15, 0.2) is 0 Å². The van der Waals surface area contributed by atoms with E-state index in [-0.39, 0.29) is 12.0 Å². The zero-order valence-electron chi connectivity index (χ0n) is 10.4. The molecule has 0 aromatic heterocycles. The molecule has 0 spiro atoms. The van der Waals surface area contributed by atoms with Crippen molar-refractivity contribution in [2.75, 3.05) is 33.3 Å². The fourth-order valence-corrected chi connectivity index (χ4v) is 2.32. The van der Waals surface area contributed by atoms with Gasteiger partial charge in [-0.05, 0) is 13.1 Å². The van der Waals surface area contributed by atoms with E-state index in [0.29, 0.717) is 31.3 Å². The molecule has 2 rings (SSSR count). The van der Waals surface area contributed by atoms with Crippen molar-refractivity contribution in [1.29, 1.82) is 0 Å². The zero-order chi connectivity index (χ0) is 13.0. The van der Waals surface area contributed by atoms with Gasteiger partial charge in [0.05, 0.1) is 19.7 Å². The molecule has 1 amide bonds. The number of halogens is 1. The van der Waals surface area contributed by atoms with Gasteiger partial charge in [-0.15, -0.1) is 0 Å². The van der Waals surface area contributed by atoms with Crippen molar-refractivity contribution in [1.82, 2.24) is 10.2 Å². The highest BCUT2D eigenvalue weighted by atomic mass is 35.5. The molecule has 1 N–H and O–H groups in total. The van der Waals surface area contributed by atoms with Crippen LogP contribution in [-0.2, 0) is 9.53 Å². The minimum Gasteiger partial charge on any atom is -0.370 e. The number of benzene rings is 1. The van der Waals surface area contributed by atoms with Crippen LogP contribution in [0.15, 0.2) is 24.3 Å². The quantitative estimate of drug-likeness (QED) is 0.902. The molecule has 1 aromatic rings. The molecule has 5 heteroatoms. The first-order valence-electron chi connectivity index (χ1n) is 6.00. The fourth-order valence-electron chi connectivity index (χ4n) is 2.06. The molecule has 18 heavy (non-hydrogen) atoms. The molecule has 0 aliphatic carbocycles. The average Bonchev–Trinajstić information content (AvgIpc) is 2.40. The normalized spacial score (nSPS) is 19.9. The van der Waals surface area contributed by atoms with Gasteiger partial charge in [0, 0.05) is 17.1 Å². The predicted molar refractivity (Wildman–Crippen MR) is 70.7 cm³/mol. The van der Waals surface area contributed by atoms with Gasteiger partial charge in [0.2, 0.25) is 5.91 Å². The maximum Gasteiger partial charge on any atom is 0.236 e. The van der Waals surface area contributed by atoms with Crippen LogP contribution in [0.1, 0.15) is 11.7 Å². The number of likely N-dealkylation sites (N-methyl/N-ethyl adjacent to an activating group) is 1. The van der Waals surface area contributed by atoms with Gasteiger partial charge in [-0.2, -0.15) is 0 Å². The summed E-state index contributed by atoms with van der Waals surface area (Å²) in [4.78, 5) is 13.6. The first-order chi connectivity index (χ1) is 8.72. The first kappa shape index (κ1) is 13.3. The Morgan fingerprint density at radius 2 is 2.33 bits per heavy atom. The van der Waals surface area contributed by atoms with E-state index < -0.39 is 0 Å². The monoisotopic (exact) mass is 268 g/mol. The summed E-state index contributed by atoms with van der Waals surface area (Å²) in [5.41, 5.74) is 0.945. The molecule has 1 heterocycles. The molecule has 98 valence electrons. The van der Waals surface area contributed by atoms with Gasteiger partial charge in [-0.3, -0.25) is 4.79 Å². The third-order valence-electron chi connectivity index (χ3n) is 3.00. The van der Waals surface area contributed by atoms with E-state index in [9.17, 15) is 4.79 Å². The molecule has 1 saturated heterocycles. The van der Waals surface area contributed by atoms with E-state index in [1.807, 2.05) is 29.2 Å². The molecule has 1 fully saturated rings. The lowest BCUT2D eigenvalue weighted by atomic mass is 10.1. The number of nitrogens with zero attached hydrogens (tertiary/aromatic N) is 1. The first-order valence-corrected chi connectivity index (χ1v) is 6.38. The standard InChI is InChI=1S/C13H17ClN2O2/c1-15-8-13(17)16-6-7-18-12(9-16)10-4-2-3-5-11(10)14/h2-5,12,15H,6-9H2,1H3. The molecule has 1 unspecified atom stereocenters. The van der Waals surface area contributed by atoms with Crippen LogP contribution >= 0.6 is 11.6 Å². The molecule has 1 atom stereocenters. The van der Waals surface area contributed by atoms with Crippen molar-refractivity contribution in [3.63, 3.8) is 0 Å². The van der Waals surface area contributed by atoms with E-state index in [1.54, 1.807) is 7.05 Å². The minimum absolute atomic E-state index is 0.0952. The maximum atomic E-state index is 11.8. The summed E-state index contributed by atoms with van der Waals surface area (Å²) in [6.45, 7) is 2.10. The molecule has 0 bridgehead atoms. The van der Waals surface area contributed by atoms with Gasteiger partial charge >= 0.3 is 0 Å². The van der Waals surface area contributed by atoms with Crippen LogP contribution in [0, 0.1) is 0 Å². The number of hydrogen-bond acceptors (Lipinski definition) is 3. The molecule has 1 aliphatic rings. The Kier molecular flexibility index (Phi) is 4.58. The molecule has 4 nitrogen and oxygen atoms in total. The number of amides is 1. The van der Waals surface area contributed by atoms with Gasteiger partial charge in [-0.25, -0.2) is 0 Å². The summed E-state index contributed by atoms with van der Waals surface area (Å²) in [5.74, 6) is 0.0952. The Hall–Kier alpha value is -1.10. The van der Waals surface area contributed by atoms with E-state index in [0.717, 1.165) is 5.56 Å². The summed E-state index contributed by atoms with van der Waals surface area (Å²) in [6, 6.07) is 7.60. The van der Waals surface area contributed by atoms with Crippen LogP contribution in [0.4, 0.5) is 0 Å². The predicted octanol–water partition coefficient (Wildman–Crippen LogP) is 1.46. The van der Waals surface area contributed by atoms with Crippen molar-refractivity contribution in [3.8, 4) is 0 Å². The lowest BCUT2D eigenvalue weighted by molar-refractivity contribution is -0.137. The number of ether oxygens (including phenoxy) is 1. The maximum absolute atomic E-state index is 11.8. The smallest absolute Gasteiger partial charge is 0.236 e. The SMILES string of the molecule is CNCC(=O)N1CCOC(c2ccccc2Cl)C1. The molecule has 0 saturated carbocycles. The lowest BCUT2D eigenvalue weighted by Gasteiger charge is -2.33. The topological polar surface area (TPSA) is 41.6 Å². The molecule has 0 radical (unpaired) electrons. The molecular weight excluding hydrogens is 252 g/mol. The number of carbonyl (C=O) groups is 1. The van der Waals surface area contributed by atoms with Crippen LogP contribution < -0.4 is 5.32 Å². The second-order valence-electron chi connectivity index (χ2n) is 4.25. The van der Waals surface area contributed by atoms with E-state index in [4.69, 9.17) is 16.3 Å². The van der Waals surface area contributed by atoms with Crippen LogP contribution in [0.25, 0.3) is 0 Å². The van der Waals surface area contributed by atoms with Crippen LogP contribution in [0.3, 0.4) is 0 Å². The molecular formula is C13H17ClN2O2. The van der Waals surface area contributed by atoms with E-state index in [1.165, 1.54) is 0 Å². The van der Waals surface area contributed by atoms with Gasteiger partial charge in [-0.1, -0.05) is 29.8 Å². The van der Waals surface area contributed by atoms with Gasteiger partial charge in [0.25, 0.3) is 0 Å². The Morgan fingerprint density at radius 3 is 3.06 bits per heavy atom. The number of nitrogens with one attached hydrogen (secondary N) is 1. The van der Waals surface area contributed by atoms with Gasteiger partial charge < -0.3 is 15.0 Å². The largest absolute Gasteiger partial charge is 0.370 e. The summed E-state index contributed by atoms with van der Waals surface area (Å²) >= 11 is 6.15. The third-order valence-corrected chi connectivity index (χ3v) is 3.34. The number of carbonyl (C=O) groups excluding carboxylic acids is 1. The van der Waals surface area contributed by atoms with Crippen molar-refractivity contribution in [2.45, 2.75) is 6.10 Å². The zero-order valence-corrected chi connectivity index (χ0v) is 11.1. The number of morpholine rings is 1. The van der Waals surface area contributed by atoms with Crippen molar-refractivity contribution >= 4 is 17.5 Å². The Bertz CT molecular complexity index is 425. The summed E-state index contributed by atoms with van der Waals surface area (Å²) in [5, 5.41) is 3.56. The minimum atomic E-state index is -0.131. The highest BCUT2D eigenvalue weighted by Gasteiger charge is 2.25. The highest BCUT2D eigenvalue weighted by Crippen LogP contribution is 2.28. The third kappa shape index (κ3) is 3.02. The number of rotatable bonds is 3. The Balaban J connectivity index is 2.07. The second kappa shape index (κ2) is 6.18. The van der Waals surface area contributed by atoms with Crippen LogP contribution in [-0.4, -0.2) is 44.1 Å². The molecule has 1 aliphatic heterocycles. The van der Waals surface area contributed by atoms with Crippen LogP contribution in [0.2, 0.25) is 5.02 Å². The summed E-state index contributed by atoms with van der Waals surface area (Å²) in [7, 11) is 1.77. The summed E-state index contributed by atoms with van der Waals surface area (Å²) in [6.07, 6.45) is -0.131. The summed E-state index contributed by atoms with van der Waals surface area (Å²) < 4.78 is 5.70. The fraction of sp³-hybridized carbons (Fsp3) is 0.462. The van der Waals surface area contributed by atoms with Crippen molar-refractivity contribution in [2.24, 2.45) is 0 Å². The molecule has 1 aromatic carbocycles. The van der Waals surface area contributed by atoms with Gasteiger partial charge in [0.1, 0.15) is 6.10 Å². The Labute approximate surface area is 112 Å². The van der Waals surface area contributed by atoms with Crippen LogP contribution in [0.5, 0.6) is 0 Å². The second-order valence-corrected chi connectivity index (χ2v) is 4.66. The number of hydrogen-bond donors (Lipinski definition) is 1.